The molecule has 0 saturated carbocycles. The van der Waals surface area contributed by atoms with E-state index in [0.717, 1.165) is 30.4 Å². The summed E-state index contributed by atoms with van der Waals surface area (Å²) in [6.45, 7) is 1.29. The van der Waals surface area contributed by atoms with Gasteiger partial charge < -0.3 is 19.9 Å². The van der Waals surface area contributed by atoms with Gasteiger partial charge in [-0.05, 0) is 37.1 Å². The van der Waals surface area contributed by atoms with E-state index < -0.39 is 11.7 Å². The lowest BCUT2D eigenvalue weighted by atomic mass is 10.1. The Hall–Kier alpha value is -3.96. The fourth-order valence-corrected chi connectivity index (χ4v) is 3.82. The zero-order chi connectivity index (χ0) is 23.2. The predicted molar refractivity (Wildman–Crippen MR) is 123 cm³/mol. The Bertz CT molecular complexity index is 1250. The molecule has 2 heterocycles. The number of ether oxygens (including phenoxy) is 1. The summed E-state index contributed by atoms with van der Waals surface area (Å²) in [6.07, 6.45) is 5.17. The number of fused-ring (bicyclic) bond motifs is 1. The number of nitriles is 1. The van der Waals surface area contributed by atoms with Crippen LogP contribution in [0.1, 0.15) is 18.4 Å². The minimum atomic E-state index is -0.714. The molecule has 2 N–H and O–H groups in total. The van der Waals surface area contributed by atoms with Gasteiger partial charge in [-0.3, -0.25) is 9.59 Å². The van der Waals surface area contributed by atoms with E-state index in [9.17, 15) is 19.2 Å². The second kappa shape index (κ2) is 10.1. The molecule has 8 heteroatoms. The van der Waals surface area contributed by atoms with Crippen LogP contribution in [-0.2, 0) is 20.9 Å². The van der Waals surface area contributed by atoms with Crippen molar-refractivity contribution in [3.63, 3.8) is 0 Å². The van der Waals surface area contributed by atoms with Gasteiger partial charge in [0.1, 0.15) is 24.0 Å². The first-order valence-electron chi connectivity index (χ1n) is 10.7. The summed E-state index contributed by atoms with van der Waals surface area (Å²) in [5.41, 5.74) is 1.22. The number of anilines is 1. The number of para-hydroxylation sites is 2. The van der Waals surface area contributed by atoms with Crippen LogP contribution in [0.2, 0.25) is 0 Å². The maximum absolute atomic E-state index is 13.9. The van der Waals surface area contributed by atoms with Crippen molar-refractivity contribution in [2.75, 3.05) is 18.5 Å². The van der Waals surface area contributed by atoms with Crippen LogP contribution in [0.15, 0.2) is 60.3 Å². The minimum Gasteiger partial charge on any atom is -0.376 e. The maximum Gasteiger partial charge on any atom is 0.266 e. The van der Waals surface area contributed by atoms with Crippen LogP contribution >= 0.6 is 0 Å². The van der Waals surface area contributed by atoms with Crippen molar-refractivity contribution < 1.29 is 18.7 Å². The summed E-state index contributed by atoms with van der Waals surface area (Å²) in [5.74, 6) is -1.46. The highest BCUT2D eigenvalue weighted by Gasteiger charge is 2.18. The third-order valence-electron chi connectivity index (χ3n) is 5.47. The average Bonchev–Trinajstić information content (AvgIpc) is 3.46. The Morgan fingerprint density at radius 3 is 2.76 bits per heavy atom. The van der Waals surface area contributed by atoms with E-state index in [2.05, 4.69) is 10.6 Å². The van der Waals surface area contributed by atoms with Crippen molar-refractivity contribution in [1.82, 2.24) is 9.88 Å². The first kappa shape index (κ1) is 22.2. The van der Waals surface area contributed by atoms with Gasteiger partial charge in [-0.2, -0.15) is 5.26 Å². The van der Waals surface area contributed by atoms with Crippen LogP contribution in [0.4, 0.5) is 10.1 Å². The van der Waals surface area contributed by atoms with Crippen molar-refractivity contribution in [3.05, 3.63) is 71.7 Å². The minimum absolute atomic E-state index is 0.00556. The summed E-state index contributed by atoms with van der Waals surface area (Å²) in [6, 6.07) is 15.0. The molecule has 1 atom stereocenters. The van der Waals surface area contributed by atoms with Crippen molar-refractivity contribution in [1.29, 1.82) is 5.26 Å². The molecule has 0 bridgehead atoms. The number of nitrogens with zero attached hydrogens (tertiary/aromatic N) is 2. The highest BCUT2D eigenvalue weighted by atomic mass is 19.1. The van der Waals surface area contributed by atoms with Gasteiger partial charge in [0.2, 0.25) is 5.91 Å². The first-order valence-corrected chi connectivity index (χ1v) is 10.7. The summed E-state index contributed by atoms with van der Waals surface area (Å²) in [7, 11) is 0. The Labute approximate surface area is 190 Å². The van der Waals surface area contributed by atoms with Crippen LogP contribution in [-0.4, -0.2) is 35.6 Å². The number of halogens is 1. The molecule has 33 heavy (non-hydrogen) atoms. The van der Waals surface area contributed by atoms with Gasteiger partial charge in [0.15, 0.2) is 0 Å². The van der Waals surface area contributed by atoms with Crippen molar-refractivity contribution in [2.24, 2.45) is 0 Å². The average molecular weight is 446 g/mol. The van der Waals surface area contributed by atoms with E-state index in [1.807, 2.05) is 30.3 Å². The molecular formula is C25H23FN4O3. The highest BCUT2D eigenvalue weighted by molar-refractivity contribution is 6.10. The molecule has 1 saturated heterocycles. The Morgan fingerprint density at radius 1 is 1.21 bits per heavy atom. The molecular weight excluding hydrogens is 423 g/mol. The van der Waals surface area contributed by atoms with Gasteiger partial charge in [0, 0.05) is 35.8 Å². The van der Waals surface area contributed by atoms with E-state index in [0.29, 0.717) is 12.1 Å². The molecule has 168 valence electrons. The fourth-order valence-electron chi connectivity index (χ4n) is 3.82. The molecule has 0 radical (unpaired) electrons. The van der Waals surface area contributed by atoms with E-state index in [1.54, 1.807) is 16.8 Å². The largest absolute Gasteiger partial charge is 0.376 e. The topological polar surface area (TPSA) is 96.2 Å². The molecule has 1 fully saturated rings. The van der Waals surface area contributed by atoms with Crippen molar-refractivity contribution in [2.45, 2.75) is 25.5 Å². The molecule has 1 aromatic heterocycles. The second-order valence-corrected chi connectivity index (χ2v) is 7.77. The summed E-state index contributed by atoms with van der Waals surface area (Å²) >= 11 is 0. The second-order valence-electron chi connectivity index (χ2n) is 7.77. The number of nitrogens with one attached hydrogen (secondary N) is 2. The molecule has 3 aromatic rings. The zero-order valence-corrected chi connectivity index (χ0v) is 17.9. The van der Waals surface area contributed by atoms with Gasteiger partial charge in [-0.15, -0.1) is 0 Å². The number of rotatable bonds is 7. The third kappa shape index (κ3) is 5.27. The molecule has 0 aliphatic carbocycles. The highest BCUT2D eigenvalue weighted by Crippen LogP contribution is 2.24. The molecule has 0 unspecified atom stereocenters. The van der Waals surface area contributed by atoms with Crippen LogP contribution < -0.4 is 10.6 Å². The molecule has 0 spiro atoms. The lowest BCUT2D eigenvalue weighted by Gasteiger charge is -2.11. The summed E-state index contributed by atoms with van der Waals surface area (Å²) in [5, 5.41) is 15.7. The van der Waals surface area contributed by atoms with Crippen molar-refractivity contribution >= 4 is 34.5 Å². The summed E-state index contributed by atoms with van der Waals surface area (Å²) < 4.78 is 21.2. The molecule has 1 aliphatic rings. The molecule has 2 amide bonds. The fraction of sp³-hybridized carbons (Fsp3) is 0.240. The van der Waals surface area contributed by atoms with Gasteiger partial charge in [0.25, 0.3) is 5.91 Å². The maximum atomic E-state index is 13.9. The van der Waals surface area contributed by atoms with Crippen LogP contribution in [0.5, 0.6) is 0 Å². The van der Waals surface area contributed by atoms with Gasteiger partial charge in [0.05, 0.1) is 11.8 Å². The van der Waals surface area contributed by atoms with Gasteiger partial charge in [-0.25, -0.2) is 4.39 Å². The smallest absolute Gasteiger partial charge is 0.266 e. The summed E-state index contributed by atoms with van der Waals surface area (Å²) in [4.78, 5) is 25.1. The number of benzene rings is 2. The Kier molecular flexibility index (Phi) is 6.81. The van der Waals surface area contributed by atoms with E-state index in [4.69, 9.17) is 4.74 Å². The van der Waals surface area contributed by atoms with Crippen LogP contribution in [0.3, 0.4) is 0 Å². The number of amides is 2. The molecule has 1 aliphatic heterocycles. The first-order chi connectivity index (χ1) is 16.0. The quantitative estimate of drug-likeness (QED) is 0.428. The van der Waals surface area contributed by atoms with Gasteiger partial charge >= 0.3 is 0 Å². The number of hydrogen-bond acceptors (Lipinski definition) is 4. The SMILES string of the molecule is N#C/C(=C\c1cn(CC(=O)NC[C@@H]2CCCO2)c2ccccc12)C(=O)Nc1ccccc1F. The van der Waals surface area contributed by atoms with Crippen molar-refractivity contribution in [3.8, 4) is 6.07 Å². The van der Waals surface area contributed by atoms with E-state index in [1.165, 1.54) is 24.3 Å². The van der Waals surface area contributed by atoms with Gasteiger partial charge in [-0.1, -0.05) is 30.3 Å². The van der Waals surface area contributed by atoms with Crippen LogP contribution in [0, 0.1) is 17.1 Å². The van der Waals surface area contributed by atoms with Crippen LogP contribution in [0.25, 0.3) is 17.0 Å². The third-order valence-corrected chi connectivity index (χ3v) is 5.47. The monoisotopic (exact) mass is 446 g/mol. The number of carbonyl (C=O) groups is 2. The number of carbonyl (C=O) groups excluding carboxylic acids is 2. The number of aromatic nitrogens is 1. The Morgan fingerprint density at radius 2 is 2.00 bits per heavy atom. The van der Waals surface area contributed by atoms with E-state index in [-0.39, 0.29) is 29.8 Å². The molecule has 2 aromatic carbocycles. The standard InChI is InChI=1S/C25H23FN4O3/c26-21-8-2-3-9-22(21)29-25(32)17(13-27)12-18-15-30(23-10-4-1-7-20(18)23)16-24(31)28-14-19-6-5-11-33-19/h1-4,7-10,12,15,19H,5-6,11,14,16H2,(H,28,31)(H,29,32)/b17-12+/t19-/m0/s1. The zero-order valence-electron chi connectivity index (χ0n) is 17.9. The predicted octanol–water partition coefficient (Wildman–Crippen LogP) is 3.62. The lowest BCUT2D eigenvalue weighted by molar-refractivity contribution is -0.122. The normalized spacial score (nSPS) is 15.9. The molecule has 7 nitrogen and oxygen atoms in total. The van der Waals surface area contributed by atoms with E-state index >= 15 is 0 Å². The number of hydrogen-bond donors (Lipinski definition) is 2. The Balaban J connectivity index is 1.55. The molecule has 4 rings (SSSR count). The lowest BCUT2D eigenvalue weighted by Crippen LogP contribution is -2.34.